The van der Waals surface area contributed by atoms with Gasteiger partial charge >= 0.3 is 5.43 Å². The van der Waals surface area contributed by atoms with Gasteiger partial charge in [0, 0.05) is 11.6 Å². The van der Waals surface area contributed by atoms with Gasteiger partial charge < -0.3 is 4.74 Å². The van der Waals surface area contributed by atoms with Crippen LogP contribution in [0.25, 0.3) is 0 Å². The van der Waals surface area contributed by atoms with E-state index in [1.54, 1.807) is 0 Å². The highest BCUT2D eigenvalue weighted by Gasteiger charge is 2.20. The van der Waals surface area contributed by atoms with Gasteiger partial charge in [-0.25, -0.2) is 4.79 Å². The van der Waals surface area contributed by atoms with Gasteiger partial charge in [-0.1, -0.05) is 62.5 Å². The molecule has 0 saturated heterocycles. The second-order valence-corrected chi connectivity index (χ2v) is 6.98. The van der Waals surface area contributed by atoms with Crippen LogP contribution in [0, 0.1) is 11.8 Å². The summed E-state index contributed by atoms with van der Waals surface area (Å²) >= 11 is 21.2. The highest BCUT2D eigenvalue weighted by molar-refractivity contribution is 6.67. The molecule has 0 fully saturated rings. The molecular formula is C10H18Cl4O2. The third-order valence-electron chi connectivity index (χ3n) is 1.17. The zero-order valence-corrected chi connectivity index (χ0v) is 12.9. The molecule has 6 heteroatoms. The van der Waals surface area contributed by atoms with Crippen molar-refractivity contribution in [2.75, 3.05) is 6.61 Å². The lowest BCUT2D eigenvalue weighted by Crippen LogP contribution is -2.05. The van der Waals surface area contributed by atoms with E-state index in [1.165, 1.54) is 0 Å². The lowest BCUT2D eigenvalue weighted by molar-refractivity contribution is 0.159. The molecule has 2 nitrogen and oxygen atoms in total. The van der Waals surface area contributed by atoms with E-state index in [0.717, 1.165) is 0 Å². The Morgan fingerprint density at radius 3 is 1.62 bits per heavy atom. The molecule has 0 aromatic rings. The van der Waals surface area contributed by atoms with Crippen LogP contribution in [0.2, 0.25) is 0 Å². The monoisotopic (exact) mass is 310 g/mol. The summed E-state index contributed by atoms with van der Waals surface area (Å²) in [6.45, 7) is 8.33. The molecule has 0 spiro atoms. The van der Waals surface area contributed by atoms with Gasteiger partial charge in [-0.3, -0.25) is 0 Å². The molecule has 0 rings (SSSR count). The van der Waals surface area contributed by atoms with Gasteiger partial charge in [-0.2, -0.15) is 0 Å². The van der Waals surface area contributed by atoms with Crippen LogP contribution in [0.5, 0.6) is 0 Å². The van der Waals surface area contributed by atoms with Gasteiger partial charge in [0.1, 0.15) is 0 Å². The highest BCUT2D eigenvalue weighted by atomic mass is 35.6. The van der Waals surface area contributed by atoms with Crippen LogP contribution in [-0.2, 0) is 4.74 Å². The van der Waals surface area contributed by atoms with E-state index < -0.39 is 9.22 Å². The van der Waals surface area contributed by atoms with Crippen LogP contribution in [0.1, 0.15) is 34.1 Å². The van der Waals surface area contributed by atoms with E-state index in [1.807, 2.05) is 27.7 Å². The van der Waals surface area contributed by atoms with Gasteiger partial charge in [0.2, 0.25) is 0 Å². The maximum atomic E-state index is 9.89. The molecular weight excluding hydrogens is 294 g/mol. The van der Waals surface area contributed by atoms with E-state index in [-0.39, 0.29) is 0 Å². The van der Waals surface area contributed by atoms with Crippen molar-refractivity contribution in [1.29, 1.82) is 0 Å². The van der Waals surface area contributed by atoms with Gasteiger partial charge in [0.25, 0.3) is 0 Å². The molecule has 0 radical (unpaired) electrons. The first kappa shape index (κ1) is 19.0. The van der Waals surface area contributed by atoms with Crippen LogP contribution in [0.15, 0.2) is 0 Å². The van der Waals surface area contributed by atoms with Crippen molar-refractivity contribution in [2.45, 2.75) is 37.9 Å². The van der Waals surface area contributed by atoms with Crippen molar-refractivity contribution in [3.8, 4) is 0 Å². The minimum atomic E-state index is -1.06. The Hall–Kier alpha value is 0.630. The molecule has 0 aliphatic heterocycles. The zero-order chi connectivity index (χ0) is 13.4. The summed E-state index contributed by atoms with van der Waals surface area (Å²) in [6, 6.07) is 0. The topological polar surface area (TPSA) is 26.3 Å². The summed E-state index contributed by atoms with van der Waals surface area (Å²) < 4.78 is 3.37. The summed E-state index contributed by atoms with van der Waals surface area (Å²) in [7, 11) is 0. The normalized spacial score (nSPS) is 11.1. The Bertz CT molecular complexity index is 188. The average Bonchev–Trinajstić information content (AvgIpc) is 1.96. The van der Waals surface area contributed by atoms with Crippen LogP contribution in [-0.4, -0.2) is 15.8 Å². The van der Waals surface area contributed by atoms with Crippen molar-refractivity contribution in [1.82, 2.24) is 0 Å². The van der Waals surface area contributed by atoms with Crippen LogP contribution in [0.4, 0.5) is 4.79 Å². The number of hydrogen-bond acceptors (Lipinski definition) is 2. The second kappa shape index (κ2) is 9.64. The van der Waals surface area contributed by atoms with Crippen molar-refractivity contribution in [3.63, 3.8) is 0 Å². The third kappa shape index (κ3) is 24.1. The molecule has 0 amide bonds. The molecule has 0 heterocycles. The molecule has 0 unspecified atom stereocenters. The fourth-order valence-corrected chi connectivity index (χ4v) is 1.68. The third-order valence-corrected chi connectivity index (χ3v) is 1.74. The Labute approximate surface area is 118 Å². The quantitative estimate of drug-likeness (QED) is 0.514. The van der Waals surface area contributed by atoms with Gasteiger partial charge in [-0.05, 0) is 18.3 Å². The molecule has 0 aliphatic rings. The molecule has 0 aliphatic carbocycles. The second-order valence-electron chi connectivity index (χ2n) is 4.16. The summed E-state index contributed by atoms with van der Waals surface area (Å²) in [4.78, 5) is 9.89. The molecule has 0 atom stereocenters. The van der Waals surface area contributed by atoms with Gasteiger partial charge in [0.05, 0.1) is 6.61 Å². The first-order valence-electron chi connectivity index (χ1n) is 4.93. The molecule has 98 valence electrons. The first-order chi connectivity index (χ1) is 7.04. The molecule has 0 N–H and O–H groups in total. The number of carbonyl (C=O) groups is 1. The van der Waals surface area contributed by atoms with E-state index >= 15 is 0 Å². The largest absolute Gasteiger partial charge is 0.453 e. The van der Waals surface area contributed by atoms with Crippen LogP contribution < -0.4 is 0 Å². The fourth-order valence-electron chi connectivity index (χ4n) is 0.695. The Morgan fingerprint density at radius 2 is 1.56 bits per heavy atom. The maximum absolute atomic E-state index is 9.89. The Morgan fingerprint density at radius 1 is 1.12 bits per heavy atom. The number of ether oxygens (including phenoxy) is 1. The van der Waals surface area contributed by atoms with Gasteiger partial charge in [-0.15, -0.1) is 0 Å². The summed E-state index contributed by atoms with van der Waals surface area (Å²) in [5.74, 6) is 0.806. The molecule has 0 saturated carbocycles. The van der Waals surface area contributed by atoms with Crippen molar-refractivity contribution < 1.29 is 9.53 Å². The lowest BCUT2D eigenvalue weighted by Gasteiger charge is -2.11. The first-order valence-corrected chi connectivity index (χ1v) is 6.44. The number of hydrogen-bond donors (Lipinski definition) is 0. The van der Waals surface area contributed by atoms with E-state index in [2.05, 4.69) is 4.74 Å². The molecule has 0 bridgehead atoms. The predicted octanol–water partition coefficient (Wildman–Crippen LogP) is 5.42. The zero-order valence-electron chi connectivity index (χ0n) is 9.90. The lowest BCUT2D eigenvalue weighted by atomic mass is 10.2. The van der Waals surface area contributed by atoms with Crippen LogP contribution in [0.3, 0.4) is 0 Å². The molecule has 0 aromatic carbocycles. The standard InChI is InChI=1S/C5H9Cl3.C5H9ClO2/c1-4(2)3-5(6,7)8;1-4(2)3-8-5(6)7/h2*4H,3H2,1-2H3. The minimum absolute atomic E-state index is 0.359. The van der Waals surface area contributed by atoms with Gasteiger partial charge in [0.15, 0.2) is 3.79 Å². The number of halogens is 4. The number of rotatable bonds is 3. The number of alkyl halides is 3. The summed E-state index contributed by atoms with van der Waals surface area (Å²) in [5, 5.41) is 0. The predicted molar refractivity (Wildman–Crippen MR) is 71.8 cm³/mol. The summed E-state index contributed by atoms with van der Waals surface area (Å²) in [6.07, 6.45) is 0.623. The van der Waals surface area contributed by atoms with Crippen molar-refractivity contribution in [2.24, 2.45) is 11.8 Å². The average molecular weight is 312 g/mol. The maximum Gasteiger partial charge on any atom is 0.403 e. The van der Waals surface area contributed by atoms with E-state index in [0.29, 0.717) is 24.9 Å². The number of carbonyl (C=O) groups excluding carboxylic acids is 1. The van der Waals surface area contributed by atoms with Crippen molar-refractivity contribution in [3.05, 3.63) is 0 Å². The van der Waals surface area contributed by atoms with Crippen LogP contribution >= 0.6 is 46.4 Å². The minimum Gasteiger partial charge on any atom is -0.453 e. The van der Waals surface area contributed by atoms with E-state index in [4.69, 9.17) is 46.4 Å². The van der Waals surface area contributed by atoms with Crippen molar-refractivity contribution >= 4 is 51.8 Å². The Kier molecular flexibility index (Phi) is 11.4. The SMILES string of the molecule is CC(C)CC(Cl)(Cl)Cl.CC(C)COC(=O)Cl. The van der Waals surface area contributed by atoms with E-state index in [9.17, 15) is 4.79 Å². The Balaban J connectivity index is 0. The summed E-state index contributed by atoms with van der Waals surface area (Å²) in [5.41, 5.74) is -0.723. The molecule has 0 aromatic heterocycles. The smallest absolute Gasteiger partial charge is 0.403 e. The fraction of sp³-hybridized carbons (Fsp3) is 0.900. The molecule has 16 heavy (non-hydrogen) atoms. The highest BCUT2D eigenvalue weighted by Crippen LogP contribution is 2.32.